The lowest BCUT2D eigenvalue weighted by molar-refractivity contribution is 0.370. The number of hydrogen-bond acceptors (Lipinski definition) is 2. The van der Waals surface area contributed by atoms with Gasteiger partial charge in [-0.2, -0.15) is 0 Å². The van der Waals surface area contributed by atoms with E-state index < -0.39 is 0 Å². The molecule has 0 aliphatic carbocycles. The Labute approximate surface area is 116 Å². The summed E-state index contributed by atoms with van der Waals surface area (Å²) in [6, 6.07) is 8.52. The fraction of sp³-hybridized carbons (Fsp3) is 0.529. The molecule has 1 atom stereocenters. The van der Waals surface area contributed by atoms with E-state index in [2.05, 4.69) is 64.2 Å². The predicted octanol–water partition coefficient (Wildman–Crippen LogP) is 4.31. The van der Waals surface area contributed by atoms with Gasteiger partial charge < -0.3 is 9.73 Å². The van der Waals surface area contributed by atoms with Crippen LogP contribution in [0.25, 0.3) is 11.0 Å². The summed E-state index contributed by atoms with van der Waals surface area (Å²) in [6.45, 7) is 12.0. The predicted molar refractivity (Wildman–Crippen MR) is 81.6 cm³/mol. The van der Waals surface area contributed by atoms with Gasteiger partial charge in [0.25, 0.3) is 0 Å². The molecule has 0 fully saturated rings. The fourth-order valence-corrected chi connectivity index (χ4v) is 2.21. The van der Waals surface area contributed by atoms with Crippen molar-refractivity contribution in [2.45, 2.75) is 46.6 Å². The van der Waals surface area contributed by atoms with Crippen molar-refractivity contribution in [2.75, 3.05) is 6.54 Å². The molecule has 1 heterocycles. The third-order valence-electron chi connectivity index (χ3n) is 3.25. The normalized spacial score (nSPS) is 13.9. The van der Waals surface area contributed by atoms with E-state index in [1.165, 1.54) is 10.9 Å². The zero-order chi connectivity index (χ0) is 14.0. The first-order chi connectivity index (χ1) is 8.83. The maximum absolute atomic E-state index is 5.90. The first-order valence-corrected chi connectivity index (χ1v) is 7.07. The molecule has 0 amide bonds. The van der Waals surface area contributed by atoms with Crippen molar-refractivity contribution in [3.8, 4) is 0 Å². The van der Waals surface area contributed by atoms with Gasteiger partial charge in [0.2, 0.25) is 0 Å². The summed E-state index contributed by atoms with van der Waals surface area (Å²) in [5.74, 6) is 1.66. The van der Waals surface area contributed by atoms with Gasteiger partial charge in [0.05, 0.1) is 0 Å². The molecule has 0 saturated carbocycles. The van der Waals surface area contributed by atoms with Gasteiger partial charge >= 0.3 is 0 Å². The van der Waals surface area contributed by atoms with Crippen LogP contribution in [0.5, 0.6) is 0 Å². The van der Waals surface area contributed by atoms with Crippen molar-refractivity contribution in [1.82, 2.24) is 5.32 Å². The second kappa shape index (κ2) is 5.38. The van der Waals surface area contributed by atoms with E-state index in [9.17, 15) is 0 Å². The lowest BCUT2D eigenvalue weighted by Gasteiger charge is -2.23. The number of benzene rings is 1. The Balaban J connectivity index is 2.01. The van der Waals surface area contributed by atoms with Crippen molar-refractivity contribution < 1.29 is 4.42 Å². The van der Waals surface area contributed by atoms with Crippen LogP contribution in [-0.4, -0.2) is 12.1 Å². The summed E-state index contributed by atoms with van der Waals surface area (Å²) in [5.41, 5.74) is 2.46. The Hall–Kier alpha value is -1.28. The van der Waals surface area contributed by atoms with E-state index in [1.54, 1.807) is 0 Å². The van der Waals surface area contributed by atoms with Crippen LogP contribution >= 0.6 is 0 Å². The molecule has 0 saturated heterocycles. The van der Waals surface area contributed by atoms with Crippen molar-refractivity contribution in [3.05, 3.63) is 35.6 Å². The average Bonchev–Trinajstić information content (AvgIpc) is 2.66. The Kier molecular flexibility index (Phi) is 4.00. The average molecular weight is 259 g/mol. The minimum Gasteiger partial charge on any atom is -0.461 e. The highest BCUT2D eigenvalue weighted by Crippen LogP contribution is 2.22. The third-order valence-corrected chi connectivity index (χ3v) is 3.25. The summed E-state index contributed by atoms with van der Waals surface area (Å²) < 4.78 is 5.90. The van der Waals surface area contributed by atoms with Gasteiger partial charge in [0.1, 0.15) is 11.3 Å². The highest BCUT2D eigenvalue weighted by atomic mass is 16.3. The maximum atomic E-state index is 5.90. The zero-order valence-corrected chi connectivity index (χ0v) is 12.7. The van der Waals surface area contributed by atoms with Gasteiger partial charge in [-0.05, 0) is 58.4 Å². The first kappa shape index (κ1) is 14.1. The van der Waals surface area contributed by atoms with E-state index >= 15 is 0 Å². The molecule has 1 unspecified atom stereocenters. The molecule has 2 heteroatoms. The smallest absolute Gasteiger partial charge is 0.134 e. The highest BCUT2D eigenvalue weighted by molar-refractivity contribution is 5.78. The molecule has 1 aromatic heterocycles. The number of rotatable bonds is 4. The van der Waals surface area contributed by atoms with Crippen LogP contribution in [-0.2, 0) is 6.42 Å². The minimum absolute atomic E-state index is 0.180. The van der Waals surface area contributed by atoms with Crippen LogP contribution in [0.2, 0.25) is 0 Å². The van der Waals surface area contributed by atoms with Gasteiger partial charge in [-0.3, -0.25) is 0 Å². The summed E-state index contributed by atoms with van der Waals surface area (Å²) in [4.78, 5) is 0. The molecule has 2 rings (SSSR count). The van der Waals surface area contributed by atoms with E-state index in [0.29, 0.717) is 5.92 Å². The fourth-order valence-electron chi connectivity index (χ4n) is 2.21. The van der Waals surface area contributed by atoms with Crippen molar-refractivity contribution >= 4 is 11.0 Å². The second-order valence-electron chi connectivity index (χ2n) is 6.69. The van der Waals surface area contributed by atoms with E-state index in [-0.39, 0.29) is 5.54 Å². The first-order valence-electron chi connectivity index (χ1n) is 7.07. The van der Waals surface area contributed by atoms with E-state index in [1.807, 2.05) is 0 Å². The number of nitrogens with one attached hydrogen (secondary N) is 1. The number of aryl methyl sites for hydroxylation is 1. The van der Waals surface area contributed by atoms with E-state index in [4.69, 9.17) is 4.42 Å². The lowest BCUT2D eigenvalue weighted by Crippen LogP contribution is -2.38. The standard InChI is InChI=1S/C17H25NO/c1-12-6-7-16-14(8-12)10-15(19-16)9-13(2)11-18-17(3,4)5/h6-8,10,13,18H,9,11H2,1-5H3. The van der Waals surface area contributed by atoms with Gasteiger partial charge in [-0.1, -0.05) is 18.6 Å². The van der Waals surface area contributed by atoms with Crippen LogP contribution in [0.3, 0.4) is 0 Å². The van der Waals surface area contributed by atoms with Crippen LogP contribution in [0.4, 0.5) is 0 Å². The Morgan fingerprint density at radius 3 is 2.63 bits per heavy atom. The molecule has 0 radical (unpaired) electrons. The molecule has 0 aliphatic rings. The van der Waals surface area contributed by atoms with Crippen LogP contribution in [0, 0.1) is 12.8 Å². The summed E-state index contributed by atoms with van der Waals surface area (Å²) in [7, 11) is 0. The van der Waals surface area contributed by atoms with Crippen LogP contribution in [0.15, 0.2) is 28.7 Å². The number of furan rings is 1. The Morgan fingerprint density at radius 2 is 1.95 bits per heavy atom. The molecule has 104 valence electrons. The van der Waals surface area contributed by atoms with Crippen LogP contribution < -0.4 is 5.32 Å². The maximum Gasteiger partial charge on any atom is 0.134 e. The number of hydrogen-bond donors (Lipinski definition) is 1. The SMILES string of the molecule is Cc1ccc2oc(CC(C)CNC(C)(C)C)cc2c1. The van der Waals surface area contributed by atoms with Crippen molar-refractivity contribution in [2.24, 2.45) is 5.92 Å². The number of fused-ring (bicyclic) bond motifs is 1. The zero-order valence-electron chi connectivity index (χ0n) is 12.7. The monoisotopic (exact) mass is 259 g/mol. The minimum atomic E-state index is 0.180. The third kappa shape index (κ3) is 4.10. The van der Waals surface area contributed by atoms with Gasteiger partial charge in [0, 0.05) is 17.3 Å². The van der Waals surface area contributed by atoms with E-state index in [0.717, 1.165) is 24.3 Å². The topological polar surface area (TPSA) is 25.2 Å². The molecule has 19 heavy (non-hydrogen) atoms. The molecule has 1 aromatic carbocycles. The molecule has 2 nitrogen and oxygen atoms in total. The molecular formula is C17H25NO. The van der Waals surface area contributed by atoms with Crippen LogP contribution in [0.1, 0.15) is 39.0 Å². The van der Waals surface area contributed by atoms with Crippen molar-refractivity contribution in [3.63, 3.8) is 0 Å². The summed E-state index contributed by atoms with van der Waals surface area (Å²) in [6.07, 6.45) is 0.983. The van der Waals surface area contributed by atoms with Gasteiger partial charge in [-0.15, -0.1) is 0 Å². The molecular weight excluding hydrogens is 234 g/mol. The van der Waals surface area contributed by atoms with Gasteiger partial charge in [-0.25, -0.2) is 0 Å². The highest BCUT2D eigenvalue weighted by Gasteiger charge is 2.13. The molecule has 0 bridgehead atoms. The Bertz CT molecular complexity index is 548. The molecule has 0 spiro atoms. The summed E-state index contributed by atoms with van der Waals surface area (Å²) in [5, 5.41) is 4.76. The lowest BCUT2D eigenvalue weighted by atomic mass is 10.0. The van der Waals surface area contributed by atoms with Crippen molar-refractivity contribution in [1.29, 1.82) is 0 Å². The quantitative estimate of drug-likeness (QED) is 0.885. The summed E-state index contributed by atoms with van der Waals surface area (Å²) >= 11 is 0. The van der Waals surface area contributed by atoms with Gasteiger partial charge in [0.15, 0.2) is 0 Å². The largest absolute Gasteiger partial charge is 0.461 e. The Morgan fingerprint density at radius 1 is 1.21 bits per heavy atom. The molecule has 0 aliphatic heterocycles. The second-order valence-corrected chi connectivity index (χ2v) is 6.69. The molecule has 2 aromatic rings. The molecule has 1 N–H and O–H groups in total.